The second kappa shape index (κ2) is 7.40. The van der Waals surface area contributed by atoms with Crippen LogP contribution in [0, 0.1) is 13.8 Å². The van der Waals surface area contributed by atoms with E-state index in [1.165, 1.54) is 17.6 Å². The lowest BCUT2D eigenvalue weighted by molar-refractivity contribution is 0.0954. The minimum Gasteiger partial charge on any atom is -0.347 e. The number of carbonyl (C=O) groups is 1. The number of amides is 1. The quantitative estimate of drug-likeness (QED) is 0.704. The van der Waals surface area contributed by atoms with E-state index >= 15 is 0 Å². The lowest BCUT2D eigenvalue weighted by Crippen LogP contribution is -2.22. The van der Waals surface area contributed by atoms with E-state index in [9.17, 15) is 13.2 Å². The van der Waals surface area contributed by atoms with Crippen LogP contribution in [0.1, 0.15) is 39.0 Å². The summed E-state index contributed by atoms with van der Waals surface area (Å²) in [6.07, 6.45) is 1.94. The van der Waals surface area contributed by atoms with Crippen molar-refractivity contribution in [1.29, 1.82) is 0 Å². The van der Waals surface area contributed by atoms with Gasteiger partial charge in [0.2, 0.25) is 0 Å². The third-order valence-corrected chi connectivity index (χ3v) is 6.70. The molecule has 0 unspecified atom stereocenters. The summed E-state index contributed by atoms with van der Waals surface area (Å²) < 4.78 is 23.1. The van der Waals surface area contributed by atoms with Gasteiger partial charge in [-0.1, -0.05) is 19.1 Å². The van der Waals surface area contributed by atoms with Gasteiger partial charge in [0.15, 0.2) is 9.84 Å². The molecular formula is C20H22N2O3S2. The molecule has 0 aliphatic carbocycles. The van der Waals surface area contributed by atoms with Crippen molar-refractivity contribution in [3.63, 3.8) is 0 Å². The Labute approximate surface area is 163 Å². The predicted octanol–water partition coefficient (Wildman–Crippen LogP) is 3.81. The van der Waals surface area contributed by atoms with Gasteiger partial charge in [-0.05, 0) is 55.2 Å². The number of nitrogens with one attached hydrogen (secondary N) is 1. The number of aryl methyl sites for hydroxylation is 3. The summed E-state index contributed by atoms with van der Waals surface area (Å²) in [6, 6.07) is 8.60. The second-order valence-corrected chi connectivity index (χ2v) is 9.64. The number of aromatic nitrogens is 1. The average molecular weight is 403 g/mol. The highest BCUT2D eigenvalue weighted by Gasteiger charge is 2.19. The first-order valence-electron chi connectivity index (χ1n) is 8.67. The number of hydrogen-bond acceptors (Lipinski definition) is 5. The average Bonchev–Trinajstić information content (AvgIpc) is 2.98. The van der Waals surface area contributed by atoms with Crippen LogP contribution in [0.5, 0.6) is 0 Å². The molecule has 142 valence electrons. The molecule has 0 atom stereocenters. The van der Waals surface area contributed by atoms with Crippen molar-refractivity contribution in [2.45, 2.75) is 38.6 Å². The van der Waals surface area contributed by atoms with E-state index in [4.69, 9.17) is 0 Å². The van der Waals surface area contributed by atoms with E-state index < -0.39 is 9.84 Å². The van der Waals surface area contributed by atoms with Gasteiger partial charge in [0.05, 0.1) is 9.77 Å². The zero-order chi connectivity index (χ0) is 19.8. The van der Waals surface area contributed by atoms with Gasteiger partial charge < -0.3 is 5.32 Å². The van der Waals surface area contributed by atoms with Crippen LogP contribution < -0.4 is 5.32 Å². The fourth-order valence-electron chi connectivity index (χ4n) is 3.15. The minimum atomic E-state index is -3.22. The van der Waals surface area contributed by atoms with Gasteiger partial charge in [0.1, 0.15) is 4.83 Å². The molecule has 0 aliphatic heterocycles. The Morgan fingerprint density at radius 3 is 2.44 bits per heavy atom. The Balaban J connectivity index is 1.83. The number of pyridine rings is 1. The number of sulfone groups is 1. The molecule has 0 spiro atoms. The van der Waals surface area contributed by atoms with Gasteiger partial charge in [-0.15, -0.1) is 11.3 Å². The maximum Gasteiger partial charge on any atom is 0.262 e. The van der Waals surface area contributed by atoms with Gasteiger partial charge >= 0.3 is 0 Å². The van der Waals surface area contributed by atoms with Crippen molar-refractivity contribution in [2.24, 2.45) is 0 Å². The molecular weight excluding hydrogens is 380 g/mol. The first kappa shape index (κ1) is 19.5. The molecule has 0 bridgehead atoms. The summed E-state index contributed by atoms with van der Waals surface area (Å²) in [5.74, 6) is -0.126. The molecule has 1 amide bonds. The van der Waals surface area contributed by atoms with E-state index in [-0.39, 0.29) is 10.8 Å². The second-order valence-electron chi connectivity index (χ2n) is 6.62. The fraction of sp³-hybridized carbons (Fsp3) is 0.300. The summed E-state index contributed by atoms with van der Waals surface area (Å²) in [4.78, 5) is 19.2. The summed E-state index contributed by atoms with van der Waals surface area (Å²) in [6.45, 7) is 6.39. The molecule has 2 heterocycles. The molecule has 3 aromatic rings. The Morgan fingerprint density at radius 1 is 1.19 bits per heavy atom. The molecule has 3 rings (SSSR count). The SMILES string of the molecule is CCc1c(C(=O)NCc2ccc(S(C)(=O)=O)cc2)sc2nc(C)cc(C)c12. The smallest absolute Gasteiger partial charge is 0.262 e. The third kappa shape index (κ3) is 4.04. The normalized spacial score (nSPS) is 11.7. The van der Waals surface area contributed by atoms with Gasteiger partial charge in [-0.3, -0.25) is 4.79 Å². The summed E-state index contributed by atoms with van der Waals surface area (Å²) in [7, 11) is -3.22. The number of fused-ring (bicyclic) bond motifs is 1. The van der Waals surface area contributed by atoms with Crippen molar-refractivity contribution in [3.8, 4) is 0 Å². The molecule has 2 aromatic heterocycles. The summed E-state index contributed by atoms with van der Waals surface area (Å²) >= 11 is 1.42. The molecule has 0 fully saturated rings. The first-order valence-corrected chi connectivity index (χ1v) is 11.4. The van der Waals surface area contributed by atoms with Crippen LogP contribution in [0.3, 0.4) is 0 Å². The Kier molecular flexibility index (Phi) is 5.35. The van der Waals surface area contributed by atoms with Gasteiger partial charge in [-0.25, -0.2) is 13.4 Å². The molecule has 5 nitrogen and oxygen atoms in total. The molecule has 7 heteroatoms. The molecule has 0 saturated heterocycles. The predicted molar refractivity (Wildman–Crippen MR) is 109 cm³/mol. The molecule has 0 saturated carbocycles. The number of hydrogen-bond donors (Lipinski definition) is 1. The monoisotopic (exact) mass is 402 g/mol. The van der Waals surface area contributed by atoms with Crippen molar-refractivity contribution >= 4 is 37.3 Å². The molecule has 1 N–H and O–H groups in total. The number of benzene rings is 1. The number of thiophene rings is 1. The molecule has 1 aromatic carbocycles. The zero-order valence-corrected chi connectivity index (χ0v) is 17.4. The molecule has 0 radical (unpaired) electrons. The van der Waals surface area contributed by atoms with Crippen molar-refractivity contribution in [3.05, 3.63) is 57.6 Å². The van der Waals surface area contributed by atoms with E-state index in [2.05, 4.69) is 10.3 Å². The largest absolute Gasteiger partial charge is 0.347 e. The van der Waals surface area contributed by atoms with Crippen molar-refractivity contribution in [1.82, 2.24) is 10.3 Å². The maximum absolute atomic E-state index is 12.8. The van der Waals surface area contributed by atoms with Crippen LogP contribution in [0.25, 0.3) is 10.2 Å². The van der Waals surface area contributed by atoms with Gasteiger partial charge in [-0.2, -0.15) is 0 Å². The van der Waals surface area contributed by atoms with Gasteiger partial charge in [0, 0.05) is 23.9 Å². The van der Waals surface area contributed by atoms with E-state index in [0.29, 0.717) is 11.4 Å². The highest BCUT2D eigenvalue weighted by molar-refractivity contribution is 7.90. The van der Waals surface area contributed by atoms with Crippen molar-refractivity contribution < 1.29 is 13.2 Å². The summed E-state index contributed by atoms with van der Waals surface area (Å²) in [5.41, 5.74) is 3.97. The zero-order valence-electron chi connectivity index (χ0n) is 15.8. The van der Waals surface area contributed by atoms with Crippen LogP contribution in [-0.2, 0) is 22.8 Å². The van der Waals surface area contributed by atoms with Crippen LogP contribution >= 0.6 is 11.3 Å². The van der Waals surface area contributed by atoms with Crippen LogP contribution in [0.15, 0.2) is 35.2 Å². The number of rotatable bonds is 5. The molecule has 0 aliphatic rings. The number of carbonyl (C=O) groups excluding carboxylic acids is 1. The topological polar surface area (TPSA) is 76.1 Å². The highest BCUT2D eigenvalue weighted by Crippen LogP contribution is 2.33. The Hall–Kier alpha value is -2.25. The van der Waals surface area contributed by atoms with Crippen LogP contribution in [0.4, 0.5) is 0 Å². The Bertz CT molecular complexity index is 1110. The highest BCUT2D eigenvalue weighted by atomic mass is 32.2. The molecule has 27 heavy (non-hydrogen) atoms. The van der Waals surface area contributed by atoms with E-state index in [1.807, 2.05) is 26.8 Å². The lowest BCUT2D eigenvalue weighted by Gasteiger charge is -2.07. The lowest BCUT2D eigenvalue weighted by atomic mass is 10.0. The van der Waals surface area contributed by atoms with Gasteiger partial charge in [0.25, 0.3) is 5.91 Å². The fourth-order valence-corrected chi connectivity index (χ4v) is 5.09. The summed E-state index contributed by atoms with van der Waals surface area (Å²) in [5, 5.41) is 4.02. The Morgan fingerprint density at radius 2 is 1.85 bits per heavy atom. The third-order valence-electron chi connectivity index (χ3n) is 4.45. The van der Waals surface area contributed by atoms with E-state index in [1.54, 1.807) is 24.3 Å². The minimum absolute atomic E-state index is 0.126. The number of nitrogens with zero attached hydrogens (tertiary/aromatic N) is 1. The standard InChI is InChI=1S/C20H22N2O3S2/c1-5-16-17-12(2)10-13(3)22-20(17)26-18(16)19(23)21-11-14-6-8-15(9-7-14)27(4,24)25/h6-10H,5,11H2,1-4H3,(H,21,23). The maximum atomic E-state index is 12.8. The van der Waals surface area contributed by atoms with E-state index in [0.717, 1.165) is 39.0 Å². The van der Waals surface area contributed by atoms with Crippen molar-refractivity contribution in [2.75, 3.05) is 6.26 Å². The van der Waals surface area contributed by atoms with Crippen LogP contribution in [0.2, 0.25) is 0 Å². The first-order chi connectivity index (χ1) is 12.7. The van der Waals surface area contributed by atoms with Crippen LogP contribution in [-0.4, -0.2) is 25.6 Å².